The number of benzene rings is 2. The van der Waals surface area contributed by atoms with Crippen molar-refractivity contribution in [1.82, 2.24) is 4.90 Å². The second kappa shape index (κ2) is 6.57. The lowest BCUT2D eigenvalue weighted by Crippen LogP contribution is -2.30. The molecule has 1 aromatic heterocycles. The molecular weight excluding hydrogens is 354 g/mol. The molecule has 6 heteroatoms. The van der Waals surface area contributed by atoms with Gasteiger partial charge in [0.15, 0.2) is 17.3 Å². The van der Waals surface area contributed by atoms with E-state index in [1.807, 2.05) is 38.1 Å². The zero-order valence-electron chi connectivity index (χ0n) is 14.5. The van der Waals surface area contributed by atoms with Gasteiger partial charge in [0, 0.05) is 29.1 Å². The monoisotopic (exact) mass is 371 g/mol. The number of nitrogens with zero attached hydrogens (tertiary/aromatic N) is 1. The van der Waals surface area contributed by atoms with E-state index in [-0.39, 0.29) is 12.7 Å². The largest absolute Gasteiger partial charge is 0.454 e. The zero-order valence-corrected chi connectivity index (χ0v) is 15.3. The molecule has 0 saturated carbocycles. The summed E-state index contributed by atoms with van der Waals surface area (Å²) in [4.78, 5) is 14.8. The van der Waals surface area contributed by atoms with Gasteiger partial charge in [-0.2, -0.15) is 0 Å². The third kappa shape index (κ3) is 2.88. The van der Waals surface area contributed by atoms with Crippen molar-refractivity contribution in [2.45, 2.75) is 20.4 Å². The quantitative estimate of drug-likeness (QED) is 0.662. The molecule has 2 heterocycles. The van der Waals surface area contributed by atoms with Gasteiger partial charge >= 0.3 is 0 Å². The third-order valence-corrected chi connectivity index (χ3v) is 4.81. The molecule has 1 amide bonds. The Labute approximate surface area is 156 Å². The van der Waals surface area contributed by atoms with Crippen molar-refractivity contribution in [3.8, 4) is 11.5 Å². The maximum absolute atomic E-state index is 13.0. The van der Waals surface area contributed by atoms with Crippen LogP contribution in [0.1, 0.15) is 28.6 Å². The van der Waals surface area contributed by atoms with Crippen LogP contribution in [0.2, 0.25) is 5.02 Å². The number of ether oxygens (including phenoxy) is 2. The fourth-order valence-corrected chi connectivity index (χ4v) is 3.30. The number of fused-ring (bicyclic) bond motifs is 2. The molecule has 1 aliphatic heterocycles. The van der Waals surface area contributed by atoms with Gasteiger partial charge in [-0.3, -0.25) is 4.79 Å². The first kappa shape index (κ1) is 16.8. The molecule has 26 heavy (non-hydrogen) atoms. The molecule has 0 aliphatic carbocycles. The topological polar surface area (TPSA) is 51.9 Å². The fourth-order valence-electron chi connectivity index (χ4n) is 3.13. The second-order valence-electron chi connectivity index (χ2n) is 6.20. The standard InChI is InChI=1S/C20H18ClNO4/c1-3-22(10-13-4-6-17-18(8-13)25-11-24-17)20(23)19-12(2)15-9-14(21)5-7-16(15)26-19/h4-9H,3,10-11H2,1-2H3. The van der Waals surface area contributed by atoms with Crippen LogP contribution in [0.4, 0.5) is 0 Å². The first-order valence-corrected chi connectivity index (χ1v) is 8.81. The van der Waals surface area contributed by atoms with Crippen LogP contribution >= 0.6 is 11.6 Å². The van der Waals surface area contributed by atoms with E-state index in [1.54, 1.807) is 17.0 Å². The van der Waals surface area contributed by atoms with Crippen LogP contribution < -0.4 is 9.47 Å². The number of rotatable bonds is 4. The van der Waals surface area contributed by atoms with Gasteiger partial charge in [-0.25, -0.2) is 0 Å². The van der Waals surface area contributed by atoms with E-state index >= 15 is 0 Å². The maximum atomic E-state index is 13.0. The van der Waals surface area contributed by atoms with Crippen molar-refractivity contribution in [3.63, 3.8) is 0 Å². The minimum absolute atomic E-state index is 0.144. The second-order valence-corrected chi connectivity index (χ2v) is 6.64. The molecule has 0 radical (unpaired) electrons. The molecular formula is C20H18ClNO4. The van der Waals surface area contributed by atoms with Gasteiger partial charge in [0.1, 0.15) is 5.58 Å². The van der Waals surface area contributed by atoms with E-state index in [0.717, 1.165) is 22.3 Å². The van der Waals surface area contributed by atoms with Crippen LogP contribution in [0.5, 0.6) is 11.5 Å². The van der Waals surface area contributed by atoms with Crippen LogP contribution in [-0.2, 0) is 6.54 Å². The predicted molar refractivity (Wildman–Crippen MR) is 98.9 cm³/mol. The third-order valence-electron chi connectivity index (χ3n) is 4.57. The molecule has 5 nitrogen and oxygen atoms in total. The number of aryl methyl sites for hydroxylation is 1. The lowest BCUT2D eigenvalue weighted by atomic mass is 10.1. The van der Waals surface area contributed by atoms with Crippen molar-refractivity contribution >= 4 is 28.5 Å². The SMILES string of the molecule is CCN(Cc1ccc2c(c1)OCO2)C(=O)c1oc2ccc(Cl)cc2c1C. The molecule has 0 N–H and O–H groups in total. The molecule has 1 aliphatic rings. The molecule has 4 rings (SSSR count). The van der Waals surface area contributed by atoms with Crippen LogP contribution in [-0.4, -0.2) is 24.1 Å². The van der Waals surface area contributed by atoms with Gasteiger partial charge in [-0.15, -0.1) is 0 Å². The van der Waals surface area contributed by atoms with Crippen LogP contribution in [0.3, 0.4) is 0 Å². The highest BCUT2D eigenvalue weighted by Crippen LogP contribution is 2.33. The average Bonchev–Trinajstić information content (AvgIpc) is 3.23. The highest BCUT2D eigenvalue weighted by Gasteiger charge is 2.23. The summed E-state index contributed by atoms with van der Waals surface area (Å²) in [6.07, 6.45) is 0. The molecule has 0 unspecified atom stereocenters. The first-order valence-electron chi connectivity index (χ1n) is 8.43. The average molecular weight is 372 g/mol. The first-order chi connectivity index (χ1) is 12.6. The summed E-state index contributed by atoms with van der Waals surface area (Å²) in [5.74, 6) is 1.65. The Morgan fingerprint density at radius 3 is 2.77 bits per heavy atom. The Morgan fingerprint density at radius 2 is 1.96 bits per heavy atom. The van der Waals surface area contributed by atoms with Crippen molar-refractivity contribution in [2.24, 2.45) is 0 Å². The van der Waals surface area contributed by atoms with Gasteiger partial charge in [0.25, 0.3) is 5.91 Å². The summed E-state index contributed by atoms with van der Waals surface area (Å²) in [5.41, 5.74) is 2.44. The zero-order chi connectivity index (χ0) is 18.3. The number of carbonyl (C=O) groups excluding carboxylic acids is 1. The van der Waals surface area contributed by atoms with E-state index in [2.05, 4.69) is 0 Å². The normalized spacial score (nSPS) is 12.6. The molecule has 134 valence electrons. The Hall–Kier alpha value is -2.66. The fraction of sp³-hybridized carbons (Fsp3) is 0.250. The van der Waals surface area contributed by atoms with Crippen LogP contribution in [0, 0.1) is 6.92 Å². The van der Waals surface area contributed by atoms with E-state index in [9.17, 15) is 4.79 Å². The minimum Gasteiger partial charge on any atom is -0.454 e. The smallest absolute Gasteiger partial charge is 0.290 e. The molecule has 0 atom stereocenters. The highest BCUT2D eigenvalue weighted by atomic mass is 35.5. The summed E-state index contributed by atoms with van der Waals surface area (Å²) < 4.78 is 16.6. The number of furan rings is 1. The molecule has 2 aromatic carbocycles. The maximum Gasteiger partial charge on any atom is 0.290 e. The summed E-state index contributed by atoms with van der Waals surface area (Å²) in [6, 6.07) is 11.1. The van der Waals surface area contributed by atoms with E-state index in [4.69, 9.17) is 25.5 Å². The lowest BCUT2D eigenvalue weighted by molar-refractivity contribution is 0.0721. The van der Waals surface area contributed by atoms with E-state index < -0.39 is 0 Å². The Balaban J connectivity index is 1.62. The summed E-state index contributed by atoms with van der Waals surface area (Å²) in [7, 11) is 0. The van der Waals surface area contributed by atoms with Crippen LogP contribution in [0.25, 0.3) is 11.0 Å². The number of halogens is 1. The molecule has 0 fully saturated rings. The van der Waals surface area contributed by atoms with Gasteiger partial charge in [0.05, 0.1) is 0 Å². The molecule has 0 bridgehead atoms. The van der Waals surface area contributed by atoms with Gasteiger partial charge in [-0.1, -0.05) is 17.7 Å². The van der Waals surface area contributed by atoms with Crippen molar-refractivity contribution in [2.75, 3.05) is 13.3 Å². The number of carbonyl (C=O) groups is 1. The Bertz CT molecular complexity index is 995. The van der Waals surface area contributed by atoms with Gasteiger partial charge < -0.3 is 18.8 Å². The van der Waals surface area contributed by atoms with Gasteiger partial charge in [0.2, 0.25) is 6.79 Å². The minimum atomic E-state index is -0.144. The Kier molecular flexibility index (Phi) is 4.24. The van der Waals surface area contributed by atoms with Crippen molar-refractivity contribution in [3.05, 3.63) is 58.3 Å². The van der Waals surface area contributed by atoms with Crippen molar-refractivity contribution < 1.29 is 18.7 Å². The summed E-state index contributed by atoms with van der Waals surface area (Å²) >= 11 is 6.06. The molecule has 0 spiro atoms. The highest BCUT2D eigenvalue weighted by molar-refractivity contribution is 6.31. The van der Waals surface area contributed by atoms with E-state index in [1.165, 1.54) is 0 Å². The van der Waals surface area contributed by atoms with Gasteiger partial charge in [-0.05, 0) is 49.7 Å². The number of hydrogen-bond acceptors (Lipinski definition) is 4. The number of hydrogen-bond donors (Lipinski definition) is 0. The summed E-state index contributed by atoms with van der Waals surface area (Å²) in [6.45, 7) is 5.08. The van der Waals surface area contributed by atoms with Crippen LogP contribution in [0.15, 0.2) is 40.8 Å². The summed E-state index contributed by atoms with van der Waals surface area (Å²) in [5, 5.41) is 1.48. The van der Waals surface area contributed by atoms with Crippen molar-refractivity contribution in [1.29, 1.82) is 0 Å². The number of amides is 1. The molecule has 0 saturated heterocycles. The predicted octanol–water partition coefficient (Wildman–Crippen LogP) is 4.79. The lowest BCUT2D eigenvalue weighted by Gasteiger charge is -2.20. The van der Waals surface area contributed by atoms with E-state index in [0.29, 0.717) is 35.2 Å². The Morgan fingerprint density at radius 1 is 1.15 bits per heavy atom. The molecule has 3 aromatic rings.